The molecule has 29 heavy (non-hydrogen) atoms. The third-order valence-electron chi connectivity index (χ3n) is 7.33. The van der Waals surface area contributed by atoms with Gasteiger partial charge in [0.05, 0.1) is 12.7 Å². The van der Waals surface area contributed by atoms with E-state index in [0.29, 0.717) is 11.3 Å². The van der Waals surface area contributed by atoms with Crippen LogP contribution in [0.2, 0.25) is 0 Å². The first-order valence-electron chi connectivity index (χ1n) is 11.2. The van der Waals surface area contributed by atoms with Gasteiger partial charge in [0, 0.05) is 0 Å². The van der Waals surface area contributed by atoms with E-state index >= 15 is 0 Å². The summed E-state index contributed by atoms with van der Waals surface area (Å²) >= 11 is 0. The van der Waals surface area contributed by atoms with Crippen molar-refractivity contribution in [2.75, 3.05) is 7.11 Å². The summed E-state index contributed by atoms with van der Waals surface area (Å²) in [6, 6.07) is 10.0. The van der Waals surface area contributed by atoms with Gasteiger partial charge in [-0.3, -0.25) is 0 Å². The van der Waals surface area contributed by atoms with Crippen molar-refractivity contribution in [1.82, 2.24) is 0 Å². The van der Waals surface area contributed by atoms with Crippen molar-refractivity contribution in [2.24, 2.45) is 17.8 Å². The molecule has 2 aromatic carbocycles. The van der Waals surface area contributed by atoms with E-state index < -0.39 is 11.6 Å². The molecule has 0 radical (unpaired) electrons. The molecule has 0 saturated heterocycles. The van der Waals surface area contributed by atoms with Crippen LogP contribution in [-0.2, 0) is 0 Å². The van der Waals surface area contributed by atoms with Crippen molar-refractivity contribution in [3.05, 3.63) is 53.6 Å². The Kier molecular flexibility index (Phi) is 6.22. The number of hydrogen-bond acceptors (Lipinski definition) is 1. The number of halogens is 2. The van der Waals surface area contributed by atoms with Crippen molar-refractivity contribution in [3.8, 4) is 16.9 Å². The SMILES string of the molecule is CCCC1CCC2CC(c3cc(F)c(-c4ccc(OC)cc4)c(F)c3)CCC2C1. The number of ether oxygens (including phenoxy) is 1. The molecule has 0 bridgehead atoms. The number of methoxy groups -OCH3 is 1. The van der Waals surface area contributed by atoms with Gasteiger partial charge in [0.2, 0.25) is 0 Å². The lowest BCUT2D eigenvalue weighted by atomic mass is 9.63. The Labute approximate surface area is 173 Å². The third kappa shape index (κ3) is 4.34. The van der Waals surface area contributed by atoms with E-state index in [4.69, 9.17) is 4.74 Å². The van der Waals surface area contributed by atoms with Gasteiger partial charge in [0.1, 0.15) is 17.4 Å². The van der Waals surface area contributed by atoms with Gasteiger partial charge in [-0.25, -0.2) is 8.78 Å². The van der Waals surface area contributed by atoms with Gasteiger partial charge in [0.15, 0.2) is 0 Å². The molecule has 2 aliphatic rings. The van der Waals surface area contributed by atoms with Gasteiger partial charge in [-0.05, 0) is 91.2 Å². The maximum absolute atomic E-state index is 14.9. The molecule has 0 heterocycles. The minimum Gasteiger partial charge on any atom is -0.497 e. The summed E-state index contributed by atoms with van der Waals surface area (Å²) in [6.07, 6.45) is 9.98. The minimum absolute atomic E-state index is 0.0603. The van der Waals surface area contributed by atoms with Gasteiger partial charge in [-0.1, -0.05) is 38.3 Å². The Morgan fingerprint density at radius 2 is 1.55 bits per heavy atom. The Bertz CT molecular complexity index is 806. The zero-order valence-electron chi connectivity index (χ0n) is 17.6. The molecule has 4 rings (SSSR count). The zero-order chi connectivity index (χ0) is 20.4. The summed E-state index contributed by atoms with van der Waals surface area (Å²) < 4.78 is 35.0. The molecule has 2 aliphatic carbocycles. The van der Waals surface area contributed by atoms with Crippen LogP contribution in [0.4, 0.5) is 8.78 Å². The van der Waals surface area contributed by atoms with Crippen LogP contribution in [0.15, 0.2) is 36.4 Å². The van der Waals surface area contributed by atoms with Gasteiger partial charge >= 0.3 is 0 Å². The topological polar surface area (TPSA) is 9.23 Å². The highest BCUT2D eigenvalue weighted by Crippen LogP contribution is 2.48. The van der Waals surface area contributed by atoms with Crippen molar-refractivity contribution in [1.29, 1.82) is 0 Å². The van der Waals surface area contributed by atoms with Gasteiger partial charge in [-0.2, -0.15) is 0 Å². The summed E-state index contributed by atoms with van der Waals surface area (Å²) in [5.41, 5.74) is 1.45. The molecule has 1 nitrogen and oxygen atoms in total. The monoisotopic (exact) mass is 398 g/mol. The van der Waals surface area contributed by atoms with Gasteiger partial charge in [0.25, 0.3) is 0 Å². The third-order valence-corrected chi connectivity index (χ3v) is 7.33. The number of fused-ring (bicyclic) bond motifs is 1. The fourth-order valence-corrected chi connectivity index (χ4v) is 5.82. The largest absolute Gasteiger partial charge is 0.497 e. The van der Waals surface area contributed by atoms with Crippen molar-refractivity contribution in [2.45, 2.75) is 64.2 Å². The van der Waals surface area contributed by atoms with Crippen LogP contribution >= 0.6 is 0 Å². The lowest BCUT2D eigenvalue weighted by molar-refractivity contribution is 0.114. The van der Waals surface area contributed by atoms with Gasteiger partial charge in [-0.15, -0.1) is 0 Å². The minimum atomic E-state index is -0.459. The lowest BCUT2D eigenvalue weighted by Crippen LogP contribution is -2.30. The maximum Gasteiger partial charge on any atom is 0.134 e. The normalized spacial score (nSPS) is 26.8. The van der Waals surface area contributed by atoms with Crippen LogP contribution in [0.25, 0.3) is 11.1 Å². The molecule has 0 aromatic heterocycles. The molecule has 2 fully saturated rings. The molecule has 4 unspecified atom stereocenters. The summed E-state index contributed by atoms with van der Waals surface area (Å²) in [4.78, 5) is 0. The number of rotatable bonds is 5. The predicted octanol–water partition coefficient (Wildman–Crippen LogP) is 7.74. The highest BCUT2D eigenvalue weighted by molar-refractivity contribution is 5.66. The van der Waals surface area contributed by atoms with Crippen molar-refractivity contribution < 1.29 is 13.5 Å². The molecule has 0 N–H and O–H groups in total. The summed E-state index contributed by atoms with van der Waals surface area (Å²) in [5, 5.41) is 0. The second-order valence-corrected chi connectivity index (χ2v) is 9.09. The van der Waals surface area contributed by atoms with Gasteiger partial charge < -0.3 is 4.74 Å². The number of hydrogen-bond donors (Lipinski definition) is 0. The molecule has 156 valence electrons. The van der Waals surface area contributed by atoms with E-state index in [1.165, 1.54) is 38.5 Å². The fraction of sp³-hybridized carbons (Fsp3) is 0.538. The van der Waals surface area contributed by atoms with Crippen LogP contribution in [0, 0.1) is 29.4 Å². The Morgan fingerprint density at radius 1 is 0.897 bits per heavy atom. The van der Waals surface area contributed by atoms with E-state index in [9.17, 15) is 8.78 Å². The molecule has 3 heteroatoms. The fourth-order valence-electron chi connectivity index (χ4n) is 5.82. The average Bonchev–Trinajstić information content (AvgIpc) is 2.73. The molecular formula is C26H32F2O. The molecule has 0 aliphatic heterocycles. The molecule has 0 amide bonds. The second-order valence-electron chi connectivity index (χ2n) is 9.09. The maximum atomic E-state index is 14.9. The van der Waals surface area contributed by atoms with Crippen LogP contribution in [-0.4, -0.2) is 7.11 Å². The molecule has 2 saturated carbocycles. The lowest BCUT2D eigenvalue weighted by Gasteiger charge is -2.42. The number of benzene rings is 2. The summed E-state index contributed by atoms with van der Waals surface area (Å²) in [6.45, 7) is 2.28. The Morgan fingerprint density at radius 3 is 2.21 bits per heavy atom. The Hall–Kier alpha value is -1.90. The van der Waals surface area contributed by atoms with E-state index in [0.717, 1.165) is 36.2 Å². The van der Waals surface area contributed by atoms with Crippen LogP contribution in [0.1, 0.15) is 69.8 Å². The highest BCUT2D eigenvalue weighted by atomic mass is 19.1. The standard InChI is InChI=1S/C26H32F2O/c1-3-4-17-5-6-20-14-21(8-7-19(20)13-17)22-15-24(27)26(25(28)16-22)18-9-11-23(29-2)12-10-18/h9-12,15-17,19-21H,3-8,13-14H2,1-2H3. The quantitative estimate of drug-likeness (QED) is 0.500. The van der Waals surface area contributed by atoms with E-state index in [1.54, 1.807) is 43.5 Å². The summed E-state index contributed by atoms with van der Waals surface area (Å²) in [7, 11) is 1.58. The zero-order valence-corrected chi connectivity index (χ0v) is 17.6. The first-order valence-corrected chi connectivity index (χ1v) is 11.2. The van der Waals surface area contributed by atoms with Crippen LogP contribution < -0.4 is 4.74 Å². The second kappa shape index (κ2) is 8.85. The predicted molar refractivity (Wildman–Crippen MR) is 114 cm³/mol. The first kappa shape index (κ1) is 20.4. The van der Waals surface area contributed by atoms with Crippen molar-refractivity contribution in [3.63, 3.8) is 0 Å². The Balaban J connectivity index is 1.50. The van der Waals surface area contributed by atoms with E-state index in [2.05, 4.69) is 6.92 Å². The molecule has 4 atom stereocenters. The highest BCUT2D eigenvalue weighted by Gasteiger charge is 2.36. The van der Waals surface area contributed by atoms with Crippen molar-refractivity contribution >= 4 is 0 Å². The smallest absolute Gasteiger partial charge is 0.134 e. The van der Waals surface area contributed by atoms with E-state index in [-0.39, 0.29) is 11.5 Å². The first-order chi connectivity index (χ1) is 14.1. The molecule has 0 spiro atoms. The molecule has 2 aromatic rings. The summed E-state index contributed by atoms with van der Waals surface area (Å²) in [5.74, 6) is 2.50. The van der Waals surface area contributed by atoms with Crippen LogP contribution in [0.3, 0.4) is 0 Å². The average molecular weight is 399 g/mol. The van der Waals surface area contributed by atoms with E-state index in [1.807, 2.05) is 0 Å². The van der Waals surface area contributed by atoms with Crippen LogP contribution in [0.5, 0.6) is 5.75 Å². The molecular weight excluding hydrogens is 366 g/mol.